The van der Waals surface area contributed by atoms with Crippen LogP contribution < -0.4 is 9.64 Å². The number of carbonyl (C=O) groups excluding carboxylic acids is 3. The van der Waals surface area contributed by atoms with Gasteiger partial charge in [0.15, 0.2) is 5.13 Å². The Hall–Kier alpha value is -4.24. The second kappa shape index (κ2) is 11.2. The summed E-state index contributed by atoms with van der Waals surface area (Å²) in [5.41, 5.74) is 3.08. The van der Waals surface area contributed by atoms with Gasteiger partial charge in [-0.1, -0.05) is 62.1 Å². The molecule has 1 amide bonds. The largest absolute Gasteiger partial charge is 0.507 e. The molecule has 1 aliphatic heterocycles. The lowest BCUT2D eigenvalue weighted by Crippen LogP contribution is -2.29. The molecule has 9 heteroatoms. The van der Waals surface area contributed by atoms with Crippen LogP contribution in [0.5, 0.6) is 5.75 Å². The lowest BCUT2D eigenvalue weighted by molar-refractivity contribution is -0.132. The number of benzene rings is 2. The molecule has 0 unspecified atom stereocenters. The minimum absolute atomic E-state index is 0.0624. The van der Waals surface area contributed by atoms with Gasteiger partial charge in [0.1, 0.15) is 23.0 Å². The van der Waals surface area contributed by atoms with Crippen molar-refractivity contribution in [3.63, 3.8) is 0 Å². The summed E-state index contributed by atoms with van der Waals surface area (Å²) in [5.74, 6) is -1.71. The second-order valence-electron chi connectivity index (χ2n) is 9.47. The number of amides is 1. The number of carbonyl (C=O) groups is 3. The molecule has 0 bridgehead atoms. The fraction of sp³-hybridized carbons (Fsp3) is 0.267. The van der Waals surface area contributed by atoms with E-state index in [9.17, 15) is 19.5 Å². The van der Waals surface area contributed by atoms with E-state index in [1.54, 1.807) is 38.1 Å². The van der Waals surface area contributed by atoms with Crippen LogP contribution in [0.1, 0.15) is 63.4 Å². The van der Waals surface area contributed by atoms with Gasteiger partial charge in [-0.25, -0.2) is 9.78 Å². The highest BCUT2D eigenvalue weighted by molar-refractivity contribution is 7.17. The Balaban J connectivity index is 1.90. The molecule has 1 aliphatic rings. The monoisotopic (exact) mass is 546 g/mol. The van der Waals surface area contributed by atoms with Gasteiger partial charge in [0, 0.05) is 5.56 Å². The van der Waals surface area contributed by atoms with Crippen LogP contribution in [0.15, 0.2) is 60.7 Å². The molecule has 202 valence electrons. The first-order chi connectivity index (χ1) is 18.6. The Kier molecular flexibility index (Phi) is 8.01. The summed E-state index contributed by atoms with van der Waals surface area (Å²) in [5, 5.41) is 11.7. The minimum atomic E-state index is -0.960. The standard InChI is InChI=1S/C30H30N2O6S/c1-7-14-38-21-12-13-22(17(4)15-21)25(33)23-24(20-10-8-19(9-11-20)16(2)3)32(28(35)26(23)34)30-31-18(5)27(39-30)29(36)37-6/h7-13,15-16,24,33H,1,14H2,2-6H3/t24-/m0/s1. The number of anilines is 1. The topological polar surface area (TPSA) is 106 Å². The van der Waals surface area contributed by atoms with E-state index in [4.69, 9.17) is 9.47 Å². The number of aliphatic hydroxyl groups is 1. The summed E-state index contributed by atoms with van der Waals surface area (Å²) in [6.07, 6.45) is 1.63. The van der Waals surface area contributed by atoms with Crippen LogP contribution in [0.4, 0.5) is 5.13 Å². The van der Waals surface area contributed by atoms with Gasteiger partial charge < -0.3 is 14.6 Å². The first-order valence-corrected chi connectivity index (χ1v) is 13.2. The van der Waals surface area contributed by atoms with E-state index >= 15 is 0 Å². The van der Waals surface area contributed by atoms with Crippen LogP contribution in [0, 0.1) is 13.8 Å². The SMILES string of the molecule is C=CCOc1ccc(C(O)=C2C(=O)C(=O)N(c3nc(C)c(C(=O)OC)s3)[C@H]2c2ccc(C(C)C)cc2)c(C)c1. The Morgan fingerprint density at radius 2 is 1.87 bits per heavy atom. The molecule has 1 N–H and O–H groups in total. The van der Waals surface area contributed by atoms with Gasteiger partial charge >= 0.3 is 11.9 Å². The Morgan fingerprint density at radius 1 is 1.18 bits per heavy atom. The third kappa shape index (κ3) is 5.22. The number of nitrogens with zero attached hydrogens (tertiary/aromatic N) is 2. The fourth-order valence-corrected chi connectivity index (χ4v) is 5.48. The number of hydrogen-bond acceptors (Lipinski definition) is 8. The molecule has 2 heterocycles. The summed E-state index contributed by atoms with van der Waals surface area (Å²) in [7, 11) is 1.26. The minimum Gasteiger partial charge on any atom is -0.507 e. The smallest absolute Gasteiger partial charge is 0.350 e. The zero-order valence-electron chi connectivity index (χ0n) is 22.5. The van der Waals surface area contributed by atoms with Gasteiger partial charge in [-0.3, -0.25) is 14.5 Å². The van der Waals surface area contributed by atoms with Crippen molar-refractivity contribution in [3.05, 3.63) is 93.5 Å². The maximum Gasteiger partial charge on any atom is 0.350 e. The van der Waals surface area contributed by atoms with Gasteiger partial charge in [0.25, 0.3) is 5.78 Å². The molecule has 1 aromatic heterocycles. The number of aryl methyl sites for hydroxylation is 2. The van der Waals surface area contributed by atoms with Crippen molar-refractivity contribution >= 4 is 39.9 Å². The van der Waals surface area contributed by atoms with Gasteiger partial charge in [0.05, 0.1) is 24.4 Å². The van der Waals surface area contributed by atoms with E-state index in [0.29, 0.717) is 34.7 Å². The summed E-state index contributed by atoms with van der Waals surface area (Å²) < 4.78 is 10.4. The molecule has 1 atom stereocenters. The van der Waals surface area contributed by atoms with Crippen molar-refractivity contribution in [2.24, 2.45) is 0 Å². The molecule has 0 radical (unpaired) electrons. The van der Waals surface area contributed by atoms with Crippen molar-refractivity contribution in [1.82, 2.24) is 4.98 Å². The quantitative estimate of drug-likeness (QED) is 0.124. The first-order valence-electron chi connectivity index (χ1n) is 12.4. The Labute approximate surface area is 231 Å². The van der Waals surface area contributed by atoms with E-state index < -0.39 is 23.7 Å². The number of ether oxygens (including phenoxy) is 2. The number of hydrogen-bond donors (Lipinski definition) is 1. The summed E-state index contributed by atoms with van der Waals surface area (Å²) in [6, 6.07) is 11.7. The first kappa shape index (κ1) is 27.8. The lowest BCUT2D eigenvalue weighted by atomic mass is 9.92. The molecule has 0 saturated carbocycles. The van der Waals surface area contributed by atoms with Gasteiger partial charge in [0.2, 0.25) is 0 Å². The molecule has 39 heavy (non-hydrogen) atoms. The number of Topliss-reactive ketones (excluding diaryl/α,β-unsaturated/α-hetero) is 1. The van der Waals surface area contributed by atoms with E-state index in [0.717, 1.165) is 16.9 Å². The van der Waals surface area contributed by atoms with Crippen molar-refractivity contribution in [1.29, 1.82) is 0 Å². The van der Waals surface area contributed by atoms with Crippen molar-refractivity contribution in [2.45, 2.75) is 39.7 Å². The molecule has 3 aromatic rings. The molecule has 1 saturated heterocycles. The number of methoxy groups -OCH3 is 1. The summed E-state index contributed by atoms with van der Waals surface area (Å²) in [4.78, 5) is 45.2. The van der Waals surface area contributed by atoms with E-state index in [-0.39, 0.29) is 27.3 Å². The number of esters is 1. The van der Waals surface area contributed by atoms with Gasteiger partial charge in [-0.15, -0.1) is 0 Å². The van der Waals surface area contributed by atoms with Crippen LogP contribution in [0.25, 0.3) is 5.76 Å². The van der Waals surface area contributed by atoms with Gasteiger partial charge in [-0.05, 0) is 54.7 Å². The van der Waals surface area contributed by atoms with E-state index in [1.807, 2.05) is 24.3 Å². The molecule has 0 spiro atoms. The molecule has 2 aromatic carbocycles. The zero-order valence-corrected chi connectivity index (χ0v) is 23.3. The zero-order chi connectivity index (χ0) is 28.4. The van der Waals surface area contributed by atoms with Crippen LogP contribution in [-0.4, -0.2) is 41.5 Å². The molecular weight excluding hydrogens is 516 g/mol. The molecule has 4 rings (SSSR count). The maximum absolute atomic E-state index is 13.5. The maximum atomic E-state index is 13.5. The third-order valence-corrected chi connectivity index (χ3v) is 7.68. The number of thiazole rings is 1. The summed E-state index contributed by atoms with van der Waals surface area (Å²) in [6.45, 7) is 11.5. The highest BCUT2D eigenvalue weighted by atomic mass is 32.1. The summed E-state index contributed by atoms with van der Waals surface area (Å²) >= 11 is 0.962. The predicted octanol–water partition coefficient (Wildman–Crippen LogP) is 5.86. The molecular formula is C30H30N2O6S. The fourth-order valence-electron chi connectivity index (χ4n) is 4.47. The van der Waals surface area contributed by atoms with Crippen molar-refractivity contribution < 1.29 is 29.0 Å². The van der Waals surface area contributed by atoms with Gasteiger partial charge in [-0.2, -0.15) is 0 Å². The number of ketones is 1. The second-order valence-corrected chi connectivity index (χ2v) is 10.4. The predicted molar refractivity (Wildman–Crippen MR) is 150 cm³/mol. The number of aromatic nitrogens is 1. The van der Waals surface area contributed by atoms with E-state index in [2.05, 4.69) is 25.4 Å². The number of rotatable bonds is 8. The highest BCUT2D eigenvalue weighted by Crippen LogP contribution is 2.44. The number of aliphatic hydroxyl groups excluding tert-OH is 1. The average Bonchev–Trinajstić information content (AvgIpc) is 3.43. The molecule has 1 fully saturated rings. The van der Waals surface area contributed by atoms with Crippen LogP contribution in [0.3, 0.4) is 0 Å². The van der Waals surface area contributed by atoms with Crippen molar-refractivity contribution in [2.75, 3.05) is 18.6 Å². The normalized spacial score (nSPS) is 16.6. The average molecular weight is 547 g/mol. The van der Waals surface area contributed by atoms with Crippen molar-refractivity contribution in [3.8, 4) is 5.75 Å². The molecule has 0 aliphatic carbocycles. The van der Waals surface area contributed by atoms with Crippen LogP contribution >= 0.6 is 11.3 Å². The van der Waals surface area contributed by atoms with E-state index in [1.165, 1.54) is 12.0 Å². The highest BCUT2D eigenvalue weighted by Gasteiger charge is 2.48. The lowest BCUT2D eigenvalue weighted by Gasteiger charge is -2.23. The van der Waals surface area contributed by atoms with Crippen LogP contribution in [0.2, 0.25) is 0 Å². The third-order valence-electron chi connectivity index (χ3n) is 6.55. The molecule has 8 nitrogen and oxygen atoms in total. The Morgan fingerprint density at radius 3 is 2.46 bits per heavy atom. The Bertz CT molecular complexity index is 1490. The van der Waals surface area contributed by atoms with Crippen LogP contribution in [-0.2, 0) is 14.3 Å².